The first-order valence-electron chi connectivity index (χ1n) is 6.69. The quantitative estimate of drug-likeness (QED) is 0.691. The molecule has 0 unspecified atom stereocenters. The van der Waals surface area contributed by atoms with E-state index in [9.17, 15) is 0 Å². The van der Waals surface area contributed by atoms with Gasteiger partial charge in [-0.15, -0.1) is 11.6 Å². The number of rotatable bonds is 3. The van der Waals surface area contributed by atoms with Crippen LogP contribution in [0.3, 0.4) is 0 Å². The normalized spacial score (nSPS) is 11.0. The van der Waals surface area contributed by atoms with Crippen molar-refractivity contribution in [3.63, 3.8) is 0 Å². The molecule has 0 aliphatic heterocycles. The zero-order chi connectivity index (χ0) is 15.0. The van der Waals surface area contributed by atoms with Gasteiger partial charge in [0.05, 0.1) is 18.7 Å². The van der Waals surface area contributed by atoms with E-state index in [1.165, 1.54) is 0 Å². The molecule has 0 radical (unpaired) electrons. The van der Waals surface area contributed by atoms with Crippen molar-refractivity contribution in [2.24, 2.45) is 0 Å². The number of methoxy groups -OCH3 is 1. The summed E-state index contributed by atoms with van der Waals surface area (Å²) in [6, 6.07) is 7.97. The number of benzene rings is 1. The van der Waals surface area contributed by atoms with Crippen LogP contribution in [-0.4, -0.2) is 21.6 Å². The molecule has 0 fully saturated rings. The standard InChI is InChI=1S/C16H16ClN3O/c1-10-4-5-13(21-3)12(8-10)20-14(9-17)19-15-11(2)6-7-18-16(15)20/h4-8H,9H2,1-3H3. The van der Waals surface area contributed by atoms with Crippen molar-refractivity contribution in [2.45, 2.75) is 19.7 Å². The zero-order valence-electron chi connectivity index (χ0n) is 12.2. The first-order valence-corrected chi connectivity index (χ1v) is 7.23. The van der Waals surface area contributed by atoms with Gasteiger partial charge in [-0.3, -0.25) is 4.57 Å². The van der Waals surface area contributed by atoms with Crippen LogP contribution in [0.15, 0.2) is 30.5 Å². The van der Waals surface area contributed by atoms with Gasteiger partial charge >= 0.3 is 0 Å². The SMILES string of the molecule is COc1ccc(C)cc1-n1c(CCl)nc2c(C)ccnc21. The molecule has 0 N–H and O–H groups in total. The monoisotopic (exact) mass is 301 g/mol. The highest BCUT2D eigenvalue weighted by molar-refractivity contribution is 6.17. The van der Waals surface area contributed by atoms with Crippen molar-refractivity contribution >= 4 is 22.8 Å². The molecule has 5 heteroatoms. The lowest BCUT2D eigenvalue weighted by Crippen LogP contribution is -2.03. The van der Waals surface area contributed by atoms with Crippen LogP contribution in [0.4, 0.5) is 0 Å². The summed E-state index contributed by atoms with van der Waals surface area (Å²) in [5, 5.41) is 0. The van der Waals surface area contributed by atoms with E-state index < -0.39 is 0 Å². The summed E-state index contributed by atoms with van der Waals surface area (Å²) < 4.78 is 7.46. The fourth-order valence-electron chi connectivity index (χ4n) is 2.46. The second kappa shape index (κ2) is 5.37. The molecule has 21 heavy (non-hydrogen) atoms. The zero-order valence-corrected chi connectivity index (χ0v) is 13.0. The number of aromatic nitrogens is 3. The van der Waals surface area contributed by atoms with Crippen LogP contribution in [0, 0.1) is 13.8 Å². The molecular weight excluding hydrogens is 286 g/mol. The Hall–Kier alpha value is -2.07. The van der Waals surface area contributed by atoms with Gasteiger partial charge < -0.3 is 4.74 Å². The molecule has 0 saturated heterocycles. The van der Waals surface area contributed by atoms with Gasteiger partial charge in [0.15, 0.2) is 5.65 Å². The van der Waals surface area contributed by atoms with Gasteiger partial charge in [-0.25, -0.2) is 9.97 Å². The smallest absolute Gasteiger partial charge is 0.165 e. The van der Waals surface area contributed by atoms with Crippen LogP contribution in [0.1, 0.15) is 17.0 Å². The van der Waals surface area contributed by atoms with Crippen molar-refractivity contribution in [1.29, 1.82) is 0 Å². The molecule has 0 saturated carbocycles. The Morgan fingerprint density at radius 2 is 2.05 bits per heavy atom. The van der Waals surface area contributed by atoms with Gasteiger partial charge in [-0.1, -0.05) is 6.07 Å². The number of imidazole rings is 1. The predicted octanol–water partition coefficient (Wildman–Crippen LogP) is 3.78. The van der Waals surface area contributed by atoms with Crippen LogP contribution in [0.25, 0.3) is 16.9 Å². The molecule has 0 aliphatic carbocycles. The van der Waals surface area contributed by atoms with Crippen molar-refractivity contribution in [1.82, 2.24) is 14.5 Å². The van der Waals surface area contributed by atoms with Crippen molar-refractivity contribution in [2.75, 3.05) is 7.11 Å². The summed E-state index contributed by atoms with van der Waals surface area (Å²) in [5.74, 6) is 1.85. The number of hydrogen-bond donors (Lipinski definition) is 0. The predicted molar refractivity (Wildman–Crippen MR) is 84.4 cm³/mol. The molecule has 0 amide bonds. The largest absolute Gasteiger partial charge is 0.495 e. The third kappa shape index (κ3) is 2.25. The average Bonchev–Trinajstić information content (AvgIpc) is 2.87. The van der Waals surface area contributed by atoms with E-state index in [0.29, 0.717) is 5.88 Å². The Labute approximate surface area is 128 Å². The first kappa shape index (κ1) is 13.9. The molecule has 2 heterocycles. The molecule has 108 valence electrons. The lowest BCUT2D eigenvalue weighted by molar-refractivity contribution is 0.412. The van der Waals surface area contributed by atoms with Crippen molar-refractivity contribution in [3.8, 4) is 11.4 Å². The number of alkyl halides is 1. The third-order valence-electron chi connectivity index (χ3n) is 3.51. The summed E-state index contributed by atoms with van der Waals surface area (Å²) in [5.41, 5.74) is 4.80. The summed E-state index contributed by atoms with van der Waals surface area (Å²) in [4.78, 5) is 9.10. The third-order valence-corrected chi connectivity index (χ3v) is 3.75. The molecule has 3 aromatic rings. The molecule has 0 bridgehead atoms. The second-order valence-corrected chi connectivity index (χ2v) is 5.24. The number of aryl methyl sites for hydroxylation is 2. The summed E-state index contributed by atoms with van der Waals surface area (Å²) in [7, 11) is 1.66. The van der Waals surface area contributed by atoms with E-state index in [1.54, 1.807) is 13.3 Å². The highest BCUT2D eigenvalue weighted by Crippen LogP contribution is 2.30. The summed E-state index contributed by atoms with van der Waals surface area (Å²) in [6.07, 6.45) is 1.79. The molecule has 0 aliphatic rings. The Morgan fingerprint density at radius 1 is 1.24 bits per heavy atom. The molecule has 2 aromatic heterocycles. The summed E-state index contributed by atoms with van der Waals surface area (Å²) in [6.45, 7) is 4.06. The molecule has 0 spiro atoms. The Kier molecular flexibility index (Phi) is 3.55. The van der Waals surface area contributed by atoms with Crippen molar-refractivity contribution in [3.05, 3.63) is 47.4 Å². The van der Waals surface area contributed by atoms with Gasteiger partial charge in [-0.05, 0) is 43.2 Å². The van der Waals surface area contributed by atoms with E-state index in [1.807, 2.05) is 36.6 Å². The number of hydrogen-bond acceptors (Lipinski definition) is 3. The van der Waals surface area contributed by atoms with Gasteiger partial charge in [-0.2, -0.15) is 0 Å². The molecule has 3 rings (SSSR count). The number of halogens is 1. The van der Waals surface area contributed by atoms with E-state index >= 15 is 0 Å². The molecule has 1 aromatic carbocycles. The Bertz CT molecular complexity index is 811. The van der Waals surface area contributed by atoms with E-state index in [2.05, 4.69) is 16.0 Å². The van der Waals surface area contributed by atoms with Crippen LogP contribution in [-0.2, 0) is 5.88 Å². The lowest BCUT2D eigenvalue weighted by Gasteiger charge is -2.12. The van der Waals surface area contributed by atoms with Gasteiger partial charge in [0, 0.05) is 6.20 Å². The molecule has 4 nitrogen and oxygen atoms in total. The van der Waals surface area contributed by atoms with Crippen molar-refractivity contribution < 1.29 is 4.74 Å². The van der Waals surface area contributed by atoms with Crippen LogP contribution >= 0.6 is 11.6 Å². The minimum absolute atomic E-state index is 0.312. The fraction of sp³-hybridized carbons (Fsp3) is 0.250. The lowest BCUT2D eigenvalue weighted by atomic mass is 10.2. The molecule has 0 atom stereocenters. The second-order valence-electron chi connectivity index (χ2n) is 4.97. The van der Waals surface area contributed by atoms with E-state index in [-0.39, 0.29) is 0 Å². The fourth-order valence-corrected chi connectivity index (χ4v) is 2.64. The Morgan fingerprint density at radius 3 is 2.76 bits per heavy atom. The minimum atomic E-state index is 0.312. The molecular formula is C16H16ClN3O. The van der Waals surface area contributed by atoms with E-state index in [0.717, 1.165) is 39.6 Å². The van der Waals surface area contributed by atoms with Gasteiger partial charge in [0.2, 0.25) is 0 Å². The highest BCUT2D eigenvalue weighted by atomic mass is 35.5. The number of ether oxygens (including phenoxy) is 1. The van der Waals surface area contributed by atoms with Crippen LogP contribution < -0.4 is 4.74 Å². The number of fused-ring (bicyclic) bond motifs is 1. The highest BCUT2D eigenvalue weighted by Gasteiger charge is 2.17. The number of pyridine rings is 1. The Balaban J connectivity index is 2.39. The minimum Gasteiger partial charge on any atom is -0.495 e. The van der Waals surface area contributed by atoms with Gasteiger partial charge in [0.1, 0.15) is 17.1 Å². The maximum absolute atomic E-state index is 6.09. The summed E-state index contributed by atoms with van der Waals surface area (Å²) >= 11 is 6.09. The van der Waals surface area contributed by atoms with Crippen LogP contribution in [0.2, 0.25) is 0 Å². The van der Waals surface area contributed by atoms with E-state index in [4.69, 9.17) is 16.3 Å². The first-order chi connectivity index (χ1) is 10.2. The maximum Gasteiger partial charge on any atom is 0.165 e. The number of nitrogens with zero attached hydrogens (tertiary/aromatic N) is 3. The average molecular weight is 302 g/mol. The topological polar surface area (TPSA) is 39.9 Å². The van der Waals surface area contributed by atoms with Crippen LogP contribution in [0.5, 0.6) is 5.75 Å². The van der Waals surface area contributed by atoms with Gasteiger partial charge in [0.25, 0.3) is 0 Å². The maximum atomic E-state index is 6.09.